The van der Waals surface area contributed by atoms with E-state index in [0.29, 0.717) is 5.56 Å². The van der Waals surface area contributed by atoms with E-state index in [-0.39, 0.29) is 23.6 Å². The molecule has 15 nitrogen and oxygen atoms in total. The van der Waals surface area contributed by atoms with Crippen molar-refractivity contribution in [3.63, 3.8) is 0 Å². The topological polar surface area (TPSA) is 206 Å². The Hall–Kier alpha value is -4.73. The van der Waals surface area contributed by atoms with Gasteiger partial charge in [-0.1, -0.05) is 12.1 Å². The molecule has 3 unspecified atom stereocenters. The molecule has 3 amide bonds. The van der Waals surface area contributed by atoms with E-state index in [0.717, 1.165) is 0 Å². The zero-order valence-corrected chi connectivity index (χ0v) is 26.2. The van der Waals surface area contributed by atoms with Gasteiger partial charge in [0.1, 0.15) is 41.3 Å². The van der Waals surface area contributed by atoms with Gasteiger partial charge in [0.25, 0.3) is 0 Å². The number of carbonyl (C=O) groups is 5. The second-order valence-corrected chi connectivity index (χ2v) is 11.9. The summed E-state index contributed by atoms with van der Waals surface area (Å²) in [5.74, 6) is -1.95. The van der Waals surface area contributed by atoms with Crippen molar-refractivity contribution < 1.29 is 53.4 Å². The number of ether oxygens (including phenoxy) is 4. The number of benzene rings is 2. The summed E-state index contributed by atoms with van der Waals surface area (Å²) in [6.07, 6.45) is -1.75. The molecule has 2 aromatic carbocycles. The van der Waals surface area contributed by atoms with E-state index < -0.39 is 65.1 Å². The first-order valence-corrected chi connectivity index (χ1v) is 13.9. The molecule has 5 N–H and O–H groups in total. The van der Waals surface area contributed by atoms with Gasteiger partial charge in [-0.3, -0.25) is 9.59 Å². The number of nitrogens with one attached hydrogen (secondary N) is 4. The fourth-order valence-corrected chi connectivity index (χ4v) is 3.48. The molecule has 0 radical (unpaired) electrons. The Morgan fingerprint density at radius 3 is 1.87 bits per heavy atom. The van der Waals surface area contributed by atoms with Crippen LogP contribution >= 0.6 is 0 Å². The smallest absolute Gasteiger partial charge is 0.514 e. The van der Waals surface area contributed by atoms with E-state index >= 15 is 0 Å². The van der Waals surface area contributed by atoms with Crippen LogP contribution in [0.25, 0.3) is 0 Å². The van der Waals surface area contributed by atoms with Crippen LogP contribution in [0.4, 0.5) is 15.3 Å². The summed E-state index contributed by atoms with van der Waals surface area (Å²) in [5, 5.41) is 26.1. The SMILES string of the molecule is CC(NC(=O)C(Cc1ccc(OC(=O)OC(C)(C)C)cc1)NC(=O)OC(C)(C)C)C(=O)NCC(=O)Oc1ccc([NH+]([O-])O)cc1. The van der Waals surface area contributed by atoms with Gasteiger partial charge in [-0.2, -0.15) is 5.23 Å². The van der Waals surface area contributed by atoms with Gasteiger partial charge < -0.3 is 40.1 Å². The van der Waals surface area contributed by atoms with Crippen LogP contribution in [-0.2, 0) is 30.3 Å². The molecule has 0 aliphatic rings. The molecule has 0 heterocycles. The van der Waals surface area contributed by atoms with Gasteiger partial charge in [0, 0.05) is 18.6 Å². The van der Waals surface area contributed by atoms with Gasteiger partial charge in [-0.25, -0.2) is 19.6 Å². The highest BCUT2D eigenvalue weighted by atomic mass is 16.8. The summed E-state index contributed by atoms with van der Waals surface area (Å²) >= 11 is 0. The number of alkyl carbamates (subject to hydrolysis) is 1. The minimum absolute atomic E-state index is 0.0105. The van der Waals surface area contributed by atoms with Gasteiger partial charge in [-0.15, -0.1) is 0 Å². The third kappa shape index (κ3) is 14.1. The minimum atomic E-state index is -1.17. The zero-order valence-electron chi connectivity index (χ0n) is 26.2. The van der Waals surface area contributed by atoms with E-state index in [4.69, 9.17) is 24.2 Å². The van der Waals surface area contributed by atoms with Crippen LogP contribution in [0.5, 0.6) is 11.5 Å². The summed E-state index contributed by atoms with van der Waals surface area (Å²) in [6.45, 7) is 10.9. The lowest BCUT2D eigenvalue weighted by atomic mass is 10.0. The fraction of sp³-hybridized carbons (Fsp3) is 0.433. The van der Waals surface area contributed by atoms with E-state index in [1.165, 1.54) is 43.3 Å². The van der Waals surface area contributed by atoms with E-state index in [1.54, 1.807) is 53.7 Å². The lowest BCUT2D eigenvalue weighted by molar-refractivity contribution is -0.991. The second kappa shape index (κ2) is 15.8. The largest absolute Gasteiger partial charge is 0.595 e. The molecule has 0 aromatic heterocycles. The summed E-state index contributed by atoms with van der Waals surface area (Å²) in [4.78, 5) is 62.4. The number of amides is 3. The van der Waals surface area contributed by atoms with Gasteiger partial charge in [0.15, 0.2) is 5.69 Å². The molecule has 0 spiro atoms. The van der Waals surface area contributed by atoms with Gasteiger partial charge in [-0.05, 0) is 78.3 Å². The molecular formula is C30H40N4O11. The van der Waals surface area contributed by atoms with Crippen molar-refractivity contribution in [3.8, 4) is 11.5 Å². The highest BCUT2D eigenvalue weighted by Gasteiger charge is 2.27. The molecule has 45 heavy (non-hydrogen) atoms. The average molecular weight is 633 g/mol. The highest BCUT2D eigenvalue weighted by molar-refractivity contribution is 5.92. The number of esters is 1. The number of hydrogen-bond donors (Lipinski definition) is 5. The molecule has 2 rings (SSSR count). The quantitative estimate of drug-likeness (QED) is 0.105. The minimum Gasteiger partial charge on any atom is -0.595 e. The van der Waals surface area contributed by atoms with Crippen LogP contribution in [0.1, 0.15) is 54.0 Å². The zero-order chi connectivity index (χ0) is 33.9. The van der Waals surface area contributed by atoms with Crippen LogP contribution in [0.15, 0.2) is 48.5 Å². The monoisotopic (exact) mass is 632 g/mol. The van der Waals surface area contributed by atoms with Crippen LogP contribution < -0.4 is 30.7 Å². The molecule has 0 bridgehead atoms. The van der Waals surface area contributed by atoms with Gasteiger partial charge in [0.05, 0.1) is 0 Å². The predicted molar refractivity (Wildman–Crippen MR) is 159 cm³/mol. The van der Waals surface area contributed by atoms with Crippen molar-refractivity contribution in [3.05, 3.63) is 59.3 Å². The van der Waals surface area contributed by atoms with Gasteiger partial charge >= 0.3 is 18.2 Å². The molecule has 15 heteroatoms. The first-order chi connectivity index (χ1) is 20.8. The Bertz CT molecular complexity index is 1330. The Labute approximate surface area is 260 Å². The van der Waals surface area contributed by atoms with E-state index in [2.05, 4.69) is 16.0 Å². The summed E-state index contributed by atoms with van der Waals surface area (Å²) in [6, 6.07) is 9.00. The number of quaternary nitrogens is 1. The summed E-state index contributed by atoms with van der Waals surface area (Å²) in [7, 11) is 0. The van der Waals surface area contributed by atoms with E-state index in [9.17, 15) is 29.2 Å². The van der Waals surface area contributed by atoms with E-state index in [1.807, 2.05) is 0 Å². The van der Waals surface area contributed by atoms with Crippen molar-refractivity contribution in [2.45, 2.75) is 78.2 Å². The van der Waals surface area contributed by atoms with Crippen LogP contribution in [-0.4, -0.2) is 65.1 Å². The maximum absolute atomic E-state index is 13.2. The molecular weight excluding hydrogens is 592 g/mol. The van der Waals surface area contributed by atoms with Gasteiger partial charge in [0.2, 0.25) is 11.8 Å². The molecule has 0 fully saturated rings. The standard InChI is InChI=1S/C30H40N4O11/c1-18(25(36)31-17-24(35)42-21-14-10-20(11-15-21)34(40)41)32-26(37)23(33-27(38)44-29(2,3)4)16-19-8-12-22(13-9-19)43-28(39)45-30(5,6)7/h8-15,18,23,34,40H,16-17H2,1-7H3,(H,31,36)(H,32,37)(H,33,38). The van der Waals surface area contributed by atoms with Crippen molar-refractivity contribution in [1.29, 1.82) is 0 Å². The molecule has 2 aromatic rings. The Kier molecular flexibility index (Phi) is 12.8. The van der Waals surface area contributed by atoms with Crippen molar-refractivity contribution >= 4 is 35.7 Å². The predicted octanol–water partition coefficient (Wildman–Crippen LogP) is 2.07. The van der Waals surface area contributed by atoms with Crippen molar-refractivity contribution in [2.75, 3.05) is 6.54 Å². The maximum atomic E-state index is 13.2. The Balaban J connectivity index is 2.01. The highest BCUT2D eigenvalue weighted by Crippen LogP contribution is 2.17. The third-order valence-electron chi connectivity index (χ3n) is 5.45. The molecule has 0 aliphatic heterocycles. The Morgan fingerprint density at radius 2 is 1.33 bits per heavy atom. The molecule has 246 valence electrons. The molecule has 0 aliphatic carbocycles. The average Bonchev–Trinajstić information content (AvgIpc) is 2.90. The number of rotatable bonds is 11. The third-order valence-corrected chi connectivity index (χ3v) is 5.45. The maximum Gasteiger partial charge on any atom is 0.514 e. The van der Waals surface area contributed by atoms with Crippen LogP contribution in [0, 0.1) is 5.21 Å². The summed E-state index contributed by atoms with van der Waals surface area (Å²) in [5.41, 5.74) is -0.985. The number of carbonyl (C=O) groups excluding carboxylic acids is 5. The first kappa shape index (κ1) is 36.5. The molecule has 3 atom stereocenters. The van der Waals surface area contributed by atoms with Crippen LogP contribution in [0.2, 0.25) is 0 Å². The second-order valence-electron chi connectivity index (χ2n) is 11.9. The molecule has 0 saturated heterocycles. The molecule has 0 saturated carbocycles. The Morgan fingerprint density at radius 1 is 0.800 bits per heavy atom. The normalized spacial score (nSPS) is 13.4. The first-order valence-electron chi connectivity index (χ1n) is 13.9. The summed E-state index contributed by atoms with van der Waals surface area (Å²) < 4.78 is 20.6. The fourth-order valence-electron chi connectivity index (χ4n) is 3.48. The lowest BCUT2D eigenvalue weighted by Crippen LogP contribution is -2.99. The van der Waals surface area contributed by atoms with Crippen molar-refractivity contribution in [1.82, 2.24) is 16.0 Å². The van der Waals surface area contributed by atoms with Crippen LogP contribution in [0.3, 0.4) is 0 Å². The lowest BCUT2D eigenvalue weighted by Gasteiger charge is -2.24. The number of hydrogen-bond acceptors (Lipinski definition) is 11. The van der Waals surface area contributed by atoms with Crippen molar-refractivity contribution in [2.24, 2.45) is 0 Å².